The molecule has 66 heavy (non-hydrogen) atoms. The molecule has 0 aliphatic rings. The summed E-state index contributed by atoms with van der Waals surface area (Å²) in [6.07, 6.45) is 1.87. The highest BCUT2D eigenvalue weighted by Gasteiger charge is 2.42. The van der Waals surface area contributed by atoms with E-state index in [0.29, 0.717) is 33.2 Å². The van der Waals surface area contributed by atoms with Gasteiger partial charge in [0.25, 0.3) is 0 Å². The van der Waals surface area contributed by atoms with Crippen molar-refractivity contribution in [3.05, 3.63) is 175 Å². The summed E-state index contributed by atoms with van der Waals surface area (Å²) in [5.41, 5.74) is 27.3. The Morgan fingerprint density at radius 2 is 0.712 bits per heavy atom. The minimum absolute atomic E-state index is 0.568. The fourth-order valence-corrected chi connectivity index (χ4v) is 21.7. The number of rotatable bonds is 12. The highest BCUT2D eigenvalue weighted by Crippen LogP contribution is 2.51. The van der Waals surface area contributed by atoms with Gasteiger partial charge < -0.3 is 0 Å². The van der Waals surface area contributed by atoms with Gasteiger partial charge in [0, 0.05) is 22.9 Å². The zero-order valence-electron chi connectivity index (χ0n) is 41.5. The molecule has 0 atom stereocenters. The van der Waals surface area contributed by atoms with Crippen LogP contribution in [0.4, 0.5) is 0 Å². The van der Waals surface area contributed by atoms with Crippen molar-refractivity contribution in [1.82, 2.24) is 4.98 Å². The Morgan fingerprint density at radius 3 is 1.15 bits per heavy atom. The molecule has 0 aliphatic carbocycles. The molecule has 0 radical (unpaired) electrons. The lowest BCUT2D eigenvalue weighted by Crippen LogP contribution is -2.43. The Labute approximate surface area is 400 Å². The first kappa shape index (κ1) is 48.0. The molecule has 0 N–H and O–H groups in total. The molecule has 0 bridgehead atoms. The Hall–Kier alpha value is -5.98. The van der Waals surface area contributed by atoms with Crippen LogP contribution in [0.15, 0.2) is 164 Å². The van der Waals surface area contributed by atoms with Gasteiger partial charge in [-0.1, -0.05) is 204 Å². The van der Waals surface area contributed by atoms with Crippen molar-refractivity contribution in [2.75, 3.05) is 0 Å². The highest BCUT2D eigenvalue weighted by molar-refractivity contribution is 6.91. The molecule has 7 aromatic rings. The second kappa shape index (κ2) is 20.7. The number of pyridine rings is 1. The molecule has 0 saturated carbocycles. The van der Waals surface area contributed by atoms with E-state index in [9.17, 15) is 0 Å². The quantitative estimate of drug-likeness (QED) is 0.0880. The molecule has 0 spiro atoms. The number of hydrogen-bond acceptors (Lipinski definition) is 1. The molecule has 7 rings (SSSR count). The molecular formula is C63H69NSi2. The molecule has 1 aromatic heterocycles. The topological polar surface area (TPSA) is 12.9 Å². The maximum atomic E-state index is 4.76. The van der Waals surface area contributed by atoms with Crippen LogP contribution in [-0.2, 0) is 0 Å². The van der Waals surface area contributed by atoms with Crippen LogP contribution in [0.25, 0.3) is 66.9 Å². The average molecular weight is 896 g/mol. The highest BCUT2D eigenvalue weighted by atomic mass is 28.3. The largest absolute Gasteiger partial charge is 0.256 e. The number of nitrogens with zero attached hydrogens (tertiary/aromatic N) is 1. The Balaban J connectivity index is 1.55. The van der Waals surface area contributed by atoms with Crippen molar-refractivity contribution < 1.29 is 0 Å². The van der Waals surface area contributed by atoms with Gasteiger partial charge in [-0.3, -0.25) is 4.98 Å². The lowest BCUT2D eigenvalue weighted by molar-refractivity contribution is 0.838. The summed E-state index contributed by atoms with van der Waals surface area (Å²) in [7, 11) is -3.84. The first-order chi connectivity index (χ1) is 31.7. The van der Waals surface area contributed by atoms with E-state index in [2.05, 4.69) is 258 Å². The van der Waals surface area contributed by atoms with Crippen molar-refractivity contribution >= 4 is 16.1 Å². The molecule has 0 aliphatic heterocycles. The molecule has 1 heterocycles. The van der Waals surface area contributed by atoms with E-state index in [-0.39, 0.29) is 0 Å². The van der Waals surface area contributed by atoms with E-state index < -0.39 is 16.1 Å². The number of hydrogen-bond donors (Lipinski definition) is 0. The summed E-state index contributed by atoms with van der Waals surface area (Å²) in [6, 6.07) is 57.6. The maximum Gasteiger partial charge on any atom is 0.146 e. The standard InChI is InChI=1S/C63H69NSi2/c1-44(2)65(45(3)4,46(5)6)40-37-50-29-33-54(34-30-50)62-58(52-22-15-13-16-23-52)43-59(56-26-21-27-57(42-56)60-28-19-20-39-64-60)61(53-24-17-14-18-25-53)63(62)55-35-31-51(32-36-55)38-41-66(47(7)8,48(9)10)49(11)12/h13-36,39,42-49H,1-12H3. The van der Waals surface area contributed by atoms with E-state index in [1.165, 1.54) is 33.4 Å². The lowest BCUT2D eigenvalue weighted by atomic mass is 9.78. The summed E-state index contributed by atoms with van der Waals surface area (Å²) >= 11 is 0. The minimum atomic E-state index is -1.92. The zero-order valence-corrected chi connectivity index (χ0v) is 43.5. The van der Waals surface area contributed by atoms with Gasteiger partial charge in [0.2, 0.25) is 0 Å². The first-order valence-electron chi connectivity index (χ1n) is 24.3. The van der Waals surface area contributed by atoms with Gasteiger partial charge in [0.1, 0.15) is 16.1 Å². The summed E-state index contributed by atoms with van der Waals surface area (Å²) in [4.78, 5) is 4.76. The smallest absolute Gasteiger partial charge is 0.146 e. The van der Waals surface area contributed by atoms with Gasteiger partial charge in [-0.15, -0.1) is 11.1 Å². The third-order valence-electron chi connectivity index (χ3n) is 14.5. The summed E-state index contributed by atoms with van der Waals surface area (Å²) in [6.45, 7) is 28.6. The van der Waals surface area contributed by atoms with E-state index in [4.69, 9.17) is 4.98 Å². The molecule has 0 amide bonds. The van der Waals surface area contributed by atoms with Crippen molar-refractivity contribution in [1.29, 1.82) is 0 Å². The van der Waals surface area contributed by atoms with E-state index in [1.807, 2.05) is 12.3 Å². The van der Waals surface area contributed by atoms with Gasteiger partial charge in [-0.25, -0.2) is 0 Å². The lowest BCUT2D eigenvalue weighted by Gasteiger charge is -2.38. The van der Waals surface area contributed by atoms with Crippen LogP contribution in [0.5, 0.6) is 0 Å². The maximum absolute atomic E-state index is 4.76. The van der Waals surface area contributed by atoms with Gasteiger partial charge in [-0.2, -0.15) is 0 Å². The predicted octanol–water partition coefficient (Wildman–Crippen LogP) is 18.2. The van der Waals surface area contributed by atoms with Crippen LogP contribution in [0.1, 0.15) is 94.2 Å². The molecule has 0 saturated heterocycles. The third kappa shape index (κ3) is 9.62. The van der Waals surface area contributed by atoms with Crippen LogP contribution in [0.3, 0.4) is 0 Å². The summed E-state index contributed by atoms with van der Waals surface area (Å²) < 4.78 is 0. The van der Waals surface area contributed by atoms with Gasteiger partial charge in [0.05, 0.1) is 5.69 Å². The number of aromatic nitrogens is 1. The van der Waals surface area contributed by atoms with Gasteiger partial charge in [0.15, 0.2) is 0 Å². The fourth-order valence-electron chi connectivity index (χ4n) is 11.3. The fraction of sp³-hybridized carbons (Fsp3) is 0.286. The SMILES string of the molecule is CC(C)[Si](C#Cc1ccc(-c2c(-c3ccccc3)cc(-c3cccc(-c4ccccn4)c3)c(-c3ccccc3)c2-c2ccc(C#C[Si](C(C)C)(C(C)C)C(C)C)cc2)cc1)(C(C)C)C(C)C. The average Bonchev–Trinajstić information content (AvgIpc) is 3.32. The van der Waals surface area contributed by atoms with E-state index in [1.54, 1.807) is 0 Å². The minimum Gasteiger partial charge on any atom is -0.256 e. The predicted molar refractivity (Wildman–Crippen MR) is 293 cm³/mol. The third-order valence-corrected chi connectivity index (χ3v) is 27.1. The second-order valence-electron chi connectivity index (χ2n) is 20.1. The molecule has 0 unspecified atom stereocenters. The Morgan fingerprint density at radius 1 is 0.333 bits per heavy atom. The van der Waals surface area contributed by atoms with Crippen molar-refractivity contribution in [2.45, 2.75) is 116 Å². The molecule has 6 aromatic carbocycles. The van der Waals surface area contributed by atoms with Crippen molar-refractivity contribution in [3.8, 4) is 89.8 Å². The summed E-state index contributed by atoms with van der Waals surface area (Å²) in [5, 5.41) is 0. The second-order valence-corrected chi connectivity index (χ2v) is 31.2. The van der Waals surface area contributed by atoms with Crippen LogP contribution >= 0.6 is 0 Å². The normalized spacial score (nSPS) is 11.9. The Bertz CT molecular complexity index is 2800. The van der Waals surface area contributed by atoms with Crippen LogP contribution in [0.2, 0.25) is 33.2 Å². The first-order valence-corrected chi connectivity index (χ1v) is 28.8. The molecule has 1 nitrogen and oxygen atoms in total. The van der Waals surface area contributed by atoms with Crippen LogP contribution < -0.4 is 0 Å². The molecule has 334 valence electrons. The van der Waals surface area contributed by atoms with Gasteiger partial charge >= 0.3 is 0 Å². The molecule has 3 heteroatoms. The van der Waals surface area contributed by atoms with E-state index in [0.717, 1.165) is 44.6 Å². The zero-order chi connectivity index (χ0) is 47.2. The number of benzene rings is 6. The van der Waals surface area contributed by atoms with Crippen molar-refractivity contribution in [3.63, 3.8) is 0 Å². The van der Waals surface area contributed by atoms with E-state index >= 15 is 0 Å². The van der Waals surface area contributed by atoms with Gasteiger partial charge in [-0.05, 0) is 137 Å². The molecule has 0 fully saturated rings. The van der Waals surface area contributed by atoms with Crippen LogP contribution in [-0.4, -0.2) is 21.1 Å². The Kier molecular flexibility index (Phi) is 15.0. The van der Waals surface area contributed by atoms with Crippen molar-refractivity contribution in [2.24, 2.45) is 0 Å². The molecular weight excluding hydrogens is 827 g/mol. The summed E-state index contributed by atoms with van der Waals surface area (Å²) in [5.74, 6) is 7.48. The monoisotopic (exact) mass is 895 g/mol. The van der Waals surface area contributed by atoms with Crippen LogP contribution in [0, 0.1) is 22.9 Å².